The molecular formula is C12H14FN5O3. The molecule has 0 aliphatic heterocycles. The lowest BCUT2D eigenvalue weighted by Crippen LogP contribution is -2.37. The fourth-order valence-corrected chi connectivity index (χ4v) is 2.69. The third-order valence-electron chi connectivity index (χ3n) is 3.93. The molecule has 0 radical (unpaired) electrons. The monoisotopic (exact) mass is 295 g/mol. The van der Waals surface area contributed by atoms with E-state index < -0.39 is 30.0 Å². The van der Waals surface area contributed by atoms with Gasteiger partial charge >= 0.3 is 0 Å². The lowest BCUT2D eigenvalue weighted by atomic mass is 9.99. The average Bonchev–Trinajstić information content (AvgIpc) is 2.94. The van der Waals surface area contributed by atoms with E-state index in [-0.39, 0.29) is 29.1 Å². The number of rotatable bonds is 2. The van der Waals surface area contributed by atoms with Crippen LogP contribution >= 0.6 is 0 Å². The van der Waals surface area contributed by atoms with Gasteiger partial charge in [0.15, 0.2) is 16.8 Å². The molecule has 5 N–H and O–H groups in total. The average molecular weight is 295 g/mol. The molecule has 0 bridgehead atoms. The maximum atomic E-state index is 14.5. The van der Waals surface area contributed by atoms with Crippen LogP contribution in [0.3, 0.4) is 0 Å². The van der Waals surface area contributed by atoms with E-state index in [2.05, 4.69) is 21.5 Å². The topological polar surface area (TPSA) is 130 Å². The number of imidazole rings is 1. The number of aliphatic hydroxyl groups is 2. The number of hydrogen-bond donors (Lipinski definition) is 4. The molecule has 9 heteroatoms. The van der Waals surface area contributed by atoms with E-state index in [4.69, 9.17) is 5.73 Å². The first-order valence-corrected chi connectivity index (χ1v) is 6.28. The molecule has 0 aromatic carbocycles. The number of hydrogen-bond acceptors (Lipinski definition) is 6. The summed E-state index contributed by atoms with van der Waals surface area (Å²) in [5.74, 6) is -0.0907. The summed E-state index contributed by atoms with van der Waals surface area (Å²) in [7, 11) is 0. The Morgan fingerprint density at radius 1 is 1.67 bits per heavy atom. The first-order chi connectivity index (χ1) is 9.88. The lowest BCUT2D eigenvalue weighted by Gasteiger charge is -2.22. The van der Waals surface area contributed by atoms with E-state index in [1.165, 1.54) is 10.9 Å². The summed E-state index contributed by atoms with van der Waals surface area (Å²) in [4.78, 5) is 22.0. The van der Waals surface area contributed by atoms with E-state index in [1.54, 1.807) is 0 Å². The van der Waals surface area contributed by atoms with Gasteiger partial charge in [-0.15, -0.1) is 0 Å². The van der Waals surface area contributed by atoms with Gasteiger partial charge in [-0.1, -0.05) is 6.58 Å². The van der Waals surface area contributed by atoms with Crippen LogP contribution in [0.4, 0.5) is 10.3 Å². The van der Waals surface area contributed by atoms with Crippen molar-refractivity contribution in [1.29, 1.82) is 0 Å². The Morgan fingerprint density at radius 2 is 2.38 bits per heavy atom. The van der Waals surface area contributed by atoms with Gasteiger partial charge in [0.25, 0.3) is 5.56 Å². The maximum absolute atomic E-state index is 14.5. The van der Waals surface area contributed by atoms with Crippen LogP contribution in [0.5, 0.6) is 0 Å². The predicted molar refractivity (Wildman–Crippen MR) is 72.3 cm³/mol. The normalized spacial score (nSPS) is 29.4. The summed E-state index contributed by atoms with van der Waals surface area (Å²) < 4.78 is 15.9. The van der Waals surface area contributed by atoms with Crippen LogP contribution in [-0.4, -0.2) is 48.1 Å². The Balaban J connectivity index is 2.15. The summed E-state index contributed by atoms with van der Waals surface area (Å²) >= 11 is 0. The highest BCUT2D eigenvalue weighted by Crippen LogP contribution is 2.45. The Labute approximate surface area is 117 Å². The number of H-pyrrole nitrogens is 1. The van der Waals surface area contributed by atoms with E-state index >= 15 is 0 Å². The molecular weight excluding hydrogens is 281 g/mol. The van der Waals surface area contributed by atoms with Crippen LogP contribution in [0.2, 0.25) is 0 Å². The van der Waals surface area contributed by atoms with E-state index in [9.17, 15) is 19.4 Å². The summed E-state index contributed by atoms with van der Waals surface area (Å²) in [6.45, 7) is 2.76. The molecule has 1 aliphatic carbocycles. The summed E-state index contributed by atoms with van der Waals surface area (Å²) in [6.07, 6.45) is -0.0786. The van der Waals surface area contributed by atoms with Crippen LogP contribution in [0.25, 0.3) is 11.2 Å². The van der Waals surface area contributed by atoms with Crippen molar-refractivity contribution in [3.63, 3.8) is 0 Å². The van der Waals surface area contributed by atoms with Crippen molar-refractivity contribution in [2.75, 3.05) is 12.3 Å². The number of nitrogens with zero attached hydrogens (tertiary/aromatic N) is 3. The summed E-state index contributed by atoms with van der Waals surface area (Å²) in [5.41, 5.74) is 2.96. The van der Waals surface area contributed by atoms with Gasteiger partial charge < -0.3 is 20.5 Å². The molecule has 1 fully saturated rings. The minimum atomic E-state index is -2.28. The van der Waals surface area contributed by atoms with Gasteiger partial charge in [-0.25, -0.2) is 9.37 Å². The zero-order valence-electron chi connectivity index (χ0n) is 11.0. The zero-order valence-corrected chi connectivity index (χ0v) is 11.0. The minimum absolute atomic E-state index is 0.00423. The number of nitrogen functional groups attached to an aromatic ring is 1. The largest absolute Gasteiger partial charge is 0.393 e. The number of nitrogens with one attached hydrogen (secondary N) is 1. The highest BCUT2D eigenvalue weighted by molar-refractivity contribution is 5.71. The Kier molecular flexibility index (Phi) is 2.85. The Morgan fingerprint density at radius 3 is 3.00 bits per heavy atom. The van der Waals surface area contributed by atoms with Crippen molar-refractivity contribution in [1.82, 2.24) is 19.5 Å². The summed E-state index contributed by atoms with van der Waals surface area (Å²) in [6, 6.07) is -0.671. The molecule has 2 aromatic heterocycles. The molecule has 0 saturated heterocycles. The van der Waals surface area contributed by atoms with Gasteiger partial charge in [-0.3, -0.25) is 9.78 Å². The second kappa shape index (κ2) is 4.37. The number of nitrogens with two attached hydrogens (primary N) is 1. The van der Waals surface area contributed by atoms with Crippen LogP contribution in [0, 0.1) is 0 Å². The van der Waals surface area contributed by atoms with Gasteiger partial charge in [0.05, 0.1) is 25.1 Å². The van der Waals surface area contributed by atoms with Crippen molar-refractivity contribution in [2.24, 2.45) is 0 Å². The third kappa shape index (κ3) is 1.78. The second-order valence-electron chi connectivity index (χ2n) is 5.09. The molecule has 3 atom stereocenters. The molecule has 0 amide bonds. The lowest BCUT2D eigenvalue weighted by molar-refractivity contribution is -0.00222. The van der Waals surface area contributed by atoms with Gasteiger partial charge in [0, 0.05) is 6.42 Å². The molecule has 2 aromatic rings. The first kappa shape index (κ1) is 13.7. The zero-order chi connectivity index (χ0) is 15.4. The van der Waals surface area contributed by atoms with E-state index in [0.29, 0.717) is 0 Å². The molecule has 8 nitrogen and oxygen atoms in total. The van der Waals surface area contributed by atoms with Crippen LogP contribution in [0.1, 0.15) is 12.5 Å². The van der Waals surface area contributed by atoms with Crippen molar-refractivity contribution >= 4 is 17.1 Å². The number of aliphatic hydroxyl groups excluding tert-OH is 2. The number of halogens is 1. The van der Waals surface area contributed by atoms with Crippen LogP contribution < -0.4 is 11.3 Å². The number of aromatic nitrogens is 4. The number of alkyl halides is 1. The van der Waals surface area contributed by atoms with Crippen molar-refractivity contribution < 1.29 is 14.6 Å². The smallest absolute Gasteiger partial charge is 0.280 e. The maximum Gasteiger partial charge on any atom is 0.280 e. The molecule has 21 heavy (non-hydrogen) atoms. The molecule has 3 rings (SSSR count). The number of aromatic amines is 1. The van der Waals surface area contributed by atoms with Crippen molar-refractivity contribution in [2.45, 2.75) is 24.2 Å². The fraction of sp³-hybridized carbons (Fsp3) is 0.417. The van der Waals surface area contributed by atoms with Gasteiger partial charge in [-0.2, -0.15) is 4.98 Å². The standard InChI is InChI=1S/C12H14FN5O3/c1-5-6(2-7(20)12(5,13)3-19)18-4-15-8-9(18)16-11(14)17-10(8)21/h4,6-7,19-20H,1-3H2,(H3,14,16,17,21)/t6-,7-,12+/m0/s1. The molecule has 1 saturated carbocycles. The second-order valence-corrected chi connectivity index (χ2v) is 5.09. The molecule has 1 aliphatic rings. The predicted octanol–water partition coefficient (Wildman–Crippen LogP) is -0.736. The molecule has 0 unspecified atom stereocenters. The van der Waals surface area contributed by atoms with Gasteiger partial charge in [0.2, 0.25) is 5.95 Å². The first-order valence-electron chi connectivity index (χ1n) is 6.28. The quantitative estimate of drug-likeness (QED) is 0.540. The summed E-state index contributed by atoms with van der Waals surface area (Å²) in [5, 5.41) is 19.0. The van der Waals surface area contributed by atoms with Crippen molar-refractivity contribution in [3.05, 3.63) is 28.8 Å². The van der Waals surface area contributed by atoms with Crippen LogP contribution in [0.15, 0.2) is 23.3 Å². The Bertz CT molecular complexity index is 785. The molecule has 2 heterocycles. The molecule has 0 spiro atoms. The van der Waals surface area contributed by atoms with Gasteiger partial charge in [-0.05, 0) is 5.57 Å². The number of anilines is 1. The highest BCUT2D eigenvalue weighted by atomic mass is 19.1. The SMILES string of the molecule is C=C1[C@@H](n2cnc3c(=O)[nH]c(N)nc32)C[C@H](O)[C@@]1(F)CO. The highest BCUT2D eigenvalue weighted by Gasteiger charge is 2.51. The van der Waals surface area contributed by atoms with Crippen LogP contribution in [-0.2, 0) is 0 Å². The third-order valence-corrected chi connectivity index (χ3v) is 3.93. The van der Waals surface area contributed by atoms with Gasteiger partial charge in [0.1, 0.15) is 0 Å². The van der Waals surface area contributed by atoms with E-state index in [1.807, 2.05) is 0 Å². The minimum Gasteiger partial charge on any atom is -0.393 e. The Hall–Kier alpha value is -2.26. The fourth-order valence-electron chi connectivity index (χ4n) is 2.69. The number of fused-ring (bicyclic) bond motifs is 1. The van der Waals surface area contributed by atoms with Crippen molar-refractivity contribution in [3.8, 4) is 0 Å². The van der Waals surface area contributed by atoms with E-state index in [0.717, 1.165) is 0 Å². The molecule has 112 valence electrons.